The SMILES string of the molecule is Clc1ccc2nc(OCc3cccc(N4CCCC4)n3)nc(OC3CCCOC3)c2c1. The first kappa shape index (κ1) is 20.3. The molecule has 0 bridgehead atoms. The molecule has 7 nitrogen and oxygen atoms in total. The standard InChI is InChI=1S/C23H25ClN4O3/c24-16-8-9-20-19(13-16)22(31-18-6-4-12-29-15-18)27-23(26-20)30-14-17-5-3-7-21(25-17)28-10-1-2-11-28/h3,5,7-9,13,18H,1-2,4,6,10-12,14-15H2. The molecule has 0 radical (unpaired) electrons. The summed E-state index contributed by atoms with van der Waals surface area (Å²) >= 11 is 6.20. The van der Waals surface area contributed by atoms with Gasteiger partial charge in [-0.1, -0.05) is 17.7 Å². The highest BCUT2D eigenvalue weighted by atomic mass is 35.5. The number of pyridine rings is 1. The first-order valence-corrected chi connectivity index (χ1v) is 11.2. The lowest BCUT2D eigenvalue weighted by Gasteiger charge is -2.23. The molecule has 5 rings (SSSR count). The molecule has 0 N–H and O–H groups in total. The zero-order valence-electron chi connectivity index (χ0n) is 17.3. The van der Waals surface area contributed by atoms with Crippen molar-refractivity contribution in [2.24, 2.45) is 0 Å². The van der Waals surface area contributed by atoms with Crippen LogP contribution in [0.2, 0.25) is 5.02 Å². The first-order valence-electron chi connectivity index (χ1n) is 10.8. The van der Waals surface area contributed by atoms with E-state index in [0.717, 1.165) is 55.0 Å². The highest BCUT2D eigenvalue weighted by molar-refractivity contribution is 6.31. The molecule has 2 saturated heterocycles. The van der Waals surface area contributed by atoms with Crippen molar-refractivity contribution in [3.63, 3.8) is 0 Å². The average molecular weight is 441 g/mol. The van der Waals surface area contributed by atoms with Crippen LogP contribution in [-0.4, -0.2) is 47.4 Å². The van der Waals surface area contributed by atoms with Crippen molar-refractivity contribution in [2.45, 2.75) is 38.4 Å². The molecule has 0 spiro atoms. The Balaban J connectivity index is 1.37. The number of fused-ring (bicyclic) bond motifs is 1. The highest BCUT2D eigenvalue weighted by Gasteiger charge is 2.19. The van der Waals surface area contributed by atoms with E-state index in [2.05, 4.69) is 14.9 Å². The van der Waals surface area contributed by atoms with Gasteiger partial charge in [-0.15, -0.1) is 0 Å². The van der Waals surface area contributed by atoms with Crippen LogP contribution in [0.1, 0.15) is 31.4 Å². The predicted octanol–water partition coefficient (Wildman–Crippen LogP) is 4.42. The van der Waals surface area contributed by atoms with E-state index in [1.165, 1.54) is 12.8 Å². The third-order valence-corrected chi connectivity index (χ3v) is 5.81. The molecule has 2 aromatic heterocycles. The van der Waals surface area contributed by atoms with Crippen LogP contribution in [0.15, 0.2) is 36.4 Å². The molecule has 3 aromatic rings. The minimum Gasteiger partial charge on any atom is -0.471 e. The van der Waals surface area contributed by atoms with Gasteiger partial charge in [-0.05, 0) is 56.0 Å². The third-order valence-electron chi connectivity index (χ3n) is 5.57. The molecule has 2 aliphatic rings. The number of nitrogens with zero attached hydrogens (tertiary/aromatic N) is 4. The van der Waals surface area contributed by atoms with Crippen LogP contribution < -0.4 is 14.4 Å². The van der Waals surface area contributed by atoms with Crippen molar-refractivity contribution in [1.29, 1.82) is 0 Å². The summed E-state index contributed by atoms with van der Waals surface area (Å²) in [7, 11) is 0. The van der Waals surface area contributed by atoms with Crippen molar-refractivity contribution in [1.82, 2.24) is 15.0 Å². The molecule has 31 heavy (non-hydrogen) atoms. The number of benzene rings is 1. The Labute approximate surface area is 186 Å². The van der Waals surface area contributed by atoms with Crippen LogP contribution in [0.3, 0.4) is 0 Å². The predicted molar refractivity (Wildman–Crippen MR) is 119 cm³/mol. The molecule has 1 aromatic carbocycles. The van der Waals surface area contributed by atoms with E-state index in [4.69, 9.17) is 30.8 Å². The molecule has 4 heterocycles. The number of hydrogen-bond donors (Lipinski definition) is 0. The summed E-state index contributed by atoms with van der Waals surface area (Å²) < 4.78 is 17.6. The molecular formula is C23H25ClN4O3. The van der Waals surface area contributed by atoms with Crippen LogP contribution >= 0.6 is 11.6 Å². The fourth-order valence-electron chi connectivity index (χ4n) is 3.98. The molecule has 1 unspecified atom stereocenters. The van der Waals surface area contributed by atoms with Crippen LogP contribution in [-0.2, 0) is 11.3 Å². The fourth-order valence-corrected chi connectivity index (χ4v) is 4.15. The summed E-state index contributed by atoms with van der Waals surface area (Å²) in [5.74, 6) is 1.46. The van der Waals surface area contributed by atoms with Crippen LogP contribution in [0.25, 0.3) is 10.9 Å². The molecule has 8 heteroatoms. The molecule has 2 fully saturated rings. The van der Waals surface area contributed by atoms with Gasteiger partial charge in [0.1, 0.15) is 18.5 Å². The molecular weight excluding hydrogens is 416 g/mol. The monoisotopic (exact) mass is 440 g/mol. The topological polar surface area (TPSA) is 69.6 Å². The van der Waals surface area contributed by atoms with Gasteiger partial charge in [0.15, 0.2) is 0 Å². The van der Waals surface area contributed by atoms with Gasteiger partial charge in [0.25, 0.3) is 0 Å². The molecule has 0 amide bonds. The van der Waals surface area contributed by atoms with Gasteiger partial charge in [-0.2, -0.15) is 9.97 Å². The molecule has 0 aliphatic carbocycles. The Kier molecular flexibility index (Phi) is 6.04. The van der Waals surface area contributed by atoms with E-state index in [1.807, 2.05) is 30.3 Å². The minimum absolute atomic E-state index is 0.0440. The molecule has 2 aliphatic heterocycles. The normalized spacial score (nSPS) is 19.0. The number of anilines is 1. The third kappa shape index (κ3) is 4.83. The lowest BCUT2D eigenvalue weighted by atomic mass is 10.2. The van der Waals surface area contributed by atoms with Gasteiger partial charge in [-0.3, -0.25) is 0 Å². The Bertz CT molecular complexity index is 1050. The lowest BCUT2D eigenvalue weighted by Crippen LogP contribution is -2.28. The van der Waals surface area contributed by atoms with E-state index >= 15 is 0 Å². The number of aromatic nitrogens is 3. The van der Waals surface area contributed by atoms with Crippen LogP contribution in [0.5, 0.6) is 11.9 Å². The summed E-state index contributed by atoms with van der Waals surface area (Å²) in [6, 6.07) is 11.7. The van der Waals surface area contributed by atoms with Gasteiger partial charge >= 0.3 is 6.01 Å². The molecule has 1 atom stereocenters. The van der Waals surface area contributed by atoms with Crippen molar-refractivity contribution < 1.29 is 14.2 Å². The zero-order valence-corrected chi connectivity index (χ0v) is 18.1. The summed E-state index contributed by atoms with van der Waals surface area (Å²) in [5.41, 5.74) is 1.56. The quantitative estimate of drug-likeness (QED) is 0.562. The maximum Gasteiger partial charge on any atom is 0.320 e. The van der Waals surface area contributed by atoms with Crippen LogP contribution in [0.4, 0.5) is 5.82 Å². The van der Waals surface area contributed by atoms with E-state index in [9.17, 15) is 0 Å². The second-order valence-electron chi connectivity index (χ2n) is 7.90. The molecule has 162 valence electrons. The van der Waals surface area contributed by atoms with Gasteiger partial charge in [0, 0.05) is 24.7 Å². The Hall–Kier alpha value is -2.64. The van der Waals surface area contributed by atoms with Gasteiger partial charge in [0.05, 0.1) is 23.2 Å². The van der Waals surface area contributed by atoms with Gasteiger partial charge in [-0.25, -0.2) is 4.98 Å². The summed E-state index contributed by atoms with van der Waals surface area (Å²) in [4.78, 5) is 16.1. The first-order chi connectivity index (χ1) is 15.2. The summed E-state index contributed by atoms with van der Waals surface area (Å²) in [6.07, 6.45) is 4.28. The highest BCUT2D eigenvalue weighted by Crippen LogP contribution is 2.29. The average Bonchev–Trinajstić information content (AvgIpc) is 3.34. The van der Waals surface area contributed by atoms with Crippen molar-refractivity contribution >= 4 is 28.3 Å². The van der Waals surface area contributed by atoms with Crippen molar-refractivity contribution in [2.75, 3.05) is 31.2 Å². The Morgan fingerprint density at radius 2 is 1.97 bits per heavy atom. The Morgan fingerprint density at radius 1 is 1.06 bits per heavy atom. The van der Waals surface area contributed by atoms with E-state index in [0.29, 0.717) is 17.5 Å². The number of ether oxygens (including phenoxy) is 3. The van der Waals surface area contributed by atoms with Gasteiger partial charge < -0.3 is 19.1 Å². The van der Waals surface area contributed by atoms with E-state index < -0.39 is 0 Å². The van der Waals surface area contributed by atoms with Crippen molar-refractivity contribution in [3.05, 3.63) is 47.1 Å². The van der Waals surface area contributed by atoms with Crippen molar-refractivity contribution in [3.8, 4) is 11.9 Å². The maximum absolute atomic E-state index is 6.20. The number of hydrogen-bond acceptors (Lipinski definition) is 7. The second-order valence-corrected chi connectivity index (χ2v) is 8.34. The van der Waals surface area contributed by atoms with Gasteiger partial charge in [0.2, 0.25) is 5.88 Å². The second kappa shape index (κ2) is 9.24. The number of rotatable bonds is 6. The largest absolute Gasteiger partial charge is 0.471 e. The zero-order chi connectivity index (χ0) is 21.0. The van der Waals surface area contributed by atoms with E-state index in [1.54, 1.807) is 6.07 Å². The maximum atomic E-state index is 6.20. The molecule has 0 saturated carbocycles. The van der Waals surface area contributed by atoms with Crippen LogP contribution in [0, 0.1) is 0 Å². The van der Waals surface area contributed by atoms with E-state index in [-0.39, 0.29) is 18.7 Å². The summed E-state index contributed by atoms with van der Waals surface area (Å²) in [6.45, 7) is 3.72. The lowest BCUT2D eigenvalue weighted by molar-refractivity contribution is 0.00589. The minimum atomic E-state index is -0.0440. The fraction of sp³-hybridized carbons (Fsp3) is 0.435. The Morgan fingerprint density at radius 3 is 2.81 bits per heavy atom. The summed E-state index contributed by atoms with van der Waals surface area (Å²) in [5, 5.41) is 1.37. The smallest absolute Gasteiger partial charge is 0.320 e. The number of halogens is 1.